The molecule has 0 heterocycles. The van der Waals surface area contributed by atoms with Crippen molar-refractivity contribution < 1.29 is 9.90 Å². The van der Waals surface area contributed by atoms with Gasteiger partial charge in [0.1, 0.15) is 0 Å². The SMILES string of the molecule is Cc1c(C(=O)O)cccc1C1(N)CC1. The second-order valence-electron chi connectivity index (χ2n) is 3.94. The van der Waals surface area contributed by atoms with Crippen molar-refractivity contribution in [1.82, 2.24) is 0 Å². The van der Waals surface area contributed by atoms with E-state index in [9.17, 15) is 4.79 Å². The van der Waals surface area contributed by atoms with Crippen LogP contribution in [-0.4, -0.2) is 11.1 Å². The molecule has 0 amide bonds. The van der Waals surface area contributed by atoms with Crippen LogP contribution in [0, 0.1) is 6.92 Å². The smallest absolute Gasteiger partial charge is 0.335 e. The van der Waals surface area contributed by atoms with Crippen LogP contribution in [0.4, 0.5) is 0 Å². The minimum absolute atomic E-state index is 0.254. The van der Waals surface area contributed by atoms with Crippen LogP contribution in [0.5, 0.6) is 0 Å². The summed E-state index contributed by atoms with van der Waals surface area (Å²) >= 11 is 0. The first kappa shape index (κ1) is 9.21. The van der Waals surface area contributed by atoms with Gasteiger partial charge in [0.15, 0.2) is 0 Å². The topological polar surface area (TPSA) is 63.3 Å². The van der Waals surface area contributed by atoms with E-state index in [1.54, 1.807) is 12.1 Å². The summed E-state index contributed by atoms with van der Waals surface area (Å²) in [5, 5.41) is 8.94. The van der Waals surface area contributed by atoms with E-state index in [-0.39, 0.29) is 5.54 Å². The quantitative estimate of drug-likeness (QED) is 0.747. The minimum atomic E-state index is -0.881. The number of carbonyl (C=O) groups is 1. The highest BCUT2D eigenvalue weighted by molar-refractivity contribution is 5.89. The van der Waals surface area contributed by atoms with Crippen LogP contribution in [0.15, 0.2) is 18.2 Å². The molecule has 0 unspecified atom stereocenters. The highest BCUT2D eigenvalue weighted by Crippen LogP contribution is 2.44. The molecule has 0 aliphatic heterocycles. The fourth-order valence-corrected chi connectivity index (χ4v) is 1.81. The third kappa shape index (κ3) is 1.30. The fraction of sp³-hybridized carbons (Fsp3) is 0.364. The van der Waals surface area contributed by atoms with Crippen molar-refractivity contribution in [3.8, 4) is 0 Å². The lowest BCUT2D eigenvalue weighted by Crippen LogP contribution is -2.21. The van der Waals surface area contributed by atoms with Crippen molar-refractivity contribution in [2.24, 2.45) is 5.73 Å². The molecular formula is C11H13NO2. The fourth-order valence-electron chi connectivity index (χ4n) is 1.81. The van der Waals surface area contributed by atoms with Gasteiger partial charge in [-0.05, 0) is 37.0 Å². The van der Waals surface area contributed by atoms with Crippen molar-refractivity contribution >= 4 is 5.97 Å². The lowest BCUT2D eigenvalue weighted by atomic mass is 9.96. The van der Waals surface area contributed by atoms with E-state index in [1.165, 1.54) is 0 Å². The zero-order chi connectivity index (χ0) is 10.3. The number of benzene rings is 1. The van der Waals surface area contributed by atoms with E-state index < -0.39 is 5.97 Å². The zero-order valence-electron chi connectivity index (χ0n) is 8.08. The monoisotopic (exact) mass is 191 g/mol. The van der Waals surface area contributed by atoms with Crippen LogP contribution >= 0.6 is 0 Å². The van der Waals surface area contributed by atoms with Gasteiger partial charge in [-0.25, -0.2) is 4.79 Å². The number of hydrogen-bond donors (Lipinski definition) is 2. The van der Waals surface area contributed by atoms with Crippen molar-refractivity contribution in [2.45, 2.75) is 25.3 Å². The van der Waals surface area contributed by atoms with Crippen LogP contribution in [0.25, 0.3) is 0 Å². The summed E-state index contributed by atoms with van der Waals surface area (Å²) in [6.45, 7) is 1.83. The number of nitrogens with two attached hydrogens (primary N) is 1. The maximum Gasteiger partial charge on any atom is 0.335 e. The molecule has 3 heteroatoms. The summed E-state index contributed by atoms with van der Waals surface area (Å²) < 4.78 is 0. The molecule has 1 fully saturated rings. The molecule has 0 aromatic heterocycles. The Bertz CT molecular complexity index is 394. The highest BCUT2D eigenvalue weighted by Gasteiger charge is 2.41. The maximum absolute atomic E-state index is 10.9. The number of carboxylic acid groups (broad SMARTS) is 1. The van der Waals surface area contributed by atoms with Gasteiger partial charge in [-0.1, -0.05) is 12.1 Å². The molecule has 3 N–H and O–H groups in total. The average molecular weight is 191 g/mol. The van der Waals surface area contributed by atoms with Gasteiger partial charge in [-0.3, -0.25) is 0 Å². The predicted molar refractivity (Wildman–Crippen MR) is 53.2 cm³/mol. The average Bonchev–Trinajstić information content (AvgIpc) is 2.84. The molecule has 0 atom stereocenters. The second kappa shape index (κ2) is 2.82. The maximum atomic E-state index is 10.9. The number of rotatable bonds is 2. The van der Waals surface area contributed by atoms with Crippen LogP contribution in [0.1, 0.15) is 34.3 Å². The van der Waals surface area contributed by atoms with Crippen LogP contribution in [0.3, 0.4) is 0 Å². The van der Waals surface area contributed by atoms with Gasteiger partial charge in [0, 0.05) is 5.54 Å². The Morgan fingerprint density at radius 1 is 1.50 bits per heavy atom. The van der Waals surface area contributed by atoms with Crippen molar-refractivity contribution in [2.75, 3.05) is 0 Å². The zero-order valence-corrected chi connectivity index (χ0v) is 8.08. The first-order chi connectivity index (χ1) is 6.54. The number of aromatic carboxylic acids is 1. The Balaban J connectivity index is 2.52. The molecule has 1 aliphatic rings. The molecule has 0 radical (unpaired) electrons. The number of hydrogen-bond acceptors (Lipinski definition) is 2. The Morgan fingerprint density at radius 3 is 2.64 bits per heavy atom. The lowest BCUT2D eigenvalue weighted by Gasteiger charge is -2.14. The molecule has 2 rings (SSSR count). The summed E-state index contributed by atoms with van der Waals surface area (Å²) in [6, 6.07) is 5.31. The summed E-state index contributed by atoms with van der Waals surface area (Å²) in [6.07, 6.45) is 1.91. The molecular weight excluding hydrogens is 178 g/mol. The summed E-state index contributed by atoms with van der Waals surface area (Å²) in [5.41, 5.74) is 7.94. The lowest BCUT2D eigenvalue weighted by molar-refractivity contribution is 0.0696. The minimum Gasteiger partial charge on any atom is -0.478 e. The highest BCUT2D eigenvalue weighted by atomic mass is 16.4. The Morgan fingerprint density at radius 2 is 2.14 bits per heavy atom. The molecule has 0 spiro atoms. The normalized spacial score (nSPS) is 17.9. The molecule has 74 valence electrons. The standard InChI is InChI=1S/C11H13NO2/c1-7-8(10(13)14)3-2-4-9(7)11(12)5-6-11/h2-4H,5-6,12H2,1H3,(H,13,14). The third-order valence-corrected chi connectivity index (χ3v) is 2.89. The van der Waals surface area contributed by atoms with Gasteiger partial charge >= 0.3 is 5.97 Å². The van der Waals surface area contributed by atoms with Gasteiger partial charge in [0.25, 0.3) is 0 Å². The van der Waals surface area contributed by atoms with E-state index >= 15 is 0 Å². The molecule has 0 saturated heterocycles. The van der Waals surface area contributed by atoms with Gasteiger partial charge in [0.2, 0.25) is 0 Å². The molecule has 1 aromatic carbocycles. The van der Waals surface area contributed by atoms with E-state index in [0.717, 1.165) is 24.0 Å². The first-order valence-corrected chi connectivity index (χ1v) is 4.67. The molecule has 3 nitrogen and oxygen atoms in total. The molecule has 1 saturated carbocycles. The van der Waals surface area contributed by atoms with E-state index in [1.807, 2.05) is 13.0 Å². The van der Waals surface area contributed by atoms with Gasteiger partial charge in [-0.15, -0.1) is 0 Å². The summed E-state index contributed by atoms with van der Waals surface area (Å²) in [5.74, 6) is -0.881. The summed E-state index contributed by atoms with van der Waals surface area (Å²) in [7, 11) is 0. The largest absolute Gasteiger partial charge is 0.478 e. The van der Waals surface area contributed by atoms with Crippen molar-refractivity contribution in [1.29, 1.82) is 0 Å². The molecule has 14 heavy (non-hydrogen) atoms. The Labute approximate surface area is 82.5 Å². The Kier molecular flexibility index (Phi) is 1.86. The van der Waals surface area contributed by atoms with E-state index in [2.05, 4.69) is 0 Å². The van der Waals surface area contributed by atoms with Crippen LogP contribution < -0.4 is 5.73 Å². The second-order valence-corrected chi connectivity index (χ2v) is 3.94. The summed E-state index contributed by atoms with van der Waals surface area (Å²) in [4.78, 5) is 10.9. The number of carboxylic acids is 1. The predicted octanol–water partition coefficient (Wildman–Crippen LogP) is 1.64. The van der Waals surface area contributed by atoms with Gasteiger partial charge < -0.3 is 10.8 Å². The third-order valence-electron chi connectivity index (χ3n) is 2.89. The van der Waals surface area contributed by atoms with E-state index in [4.69, 9.17) is 10.8 Å². The van der Waals surface area contributed by atoms with Gasteiger partial charge in [0.05, 0.1) is 5.56 Å². The van der Waals surface area contributed by atoms with Crippen LogP contribution in [-0.2, 0) is 5.54 Å². The molecule has 1 aliphatic carbocycles. The Hall–Kier alpha value is -1.35. The van der Waals surface area contributed by atoms with Gasteiger partial charge in [-0.2, -0.15) is 0 Å². The van der Waals surface area contributed by atoms with Crippen LogP contribution in [0.2, 0.25) is 0 Å². The van der Waals surface area contributed by atoms with Crippen molar-refractivity contribution in [3.05, 3.63) is 34.9 Å². The van der Waals surface area contributed by atoms with E-state index in [0.29, 0.717) is 5.56 Å². The molecule has 0 bridgehead atoms. The molecule has 1 aromatic rings. The van der Waals surface area contributed by atoms with Crippen molar-refractivity contribution in [3.63, 3.8) is 0 Å². The first-order valence-electron chi connectivity index (χ1n) is 4.67.